The summed E-state index contributed by atoms with van der Waals surface area (Å²) in [6.45, 7) is 1.91. The number of amides is 1. The van der Waals surface area contributed by atoms with Crippen LogP contribution in [0.1, 0.15) is 31.7 Å². The Morgan fingerprint density at radius 2 is 1.83 bits per heavy atom. The molecule has 0 bridgehead atoms. The number of nitrogens with one attached hydrogen (secondary N) is 2. The number of carbonyl (C=O) groups excluding carboxylic acids is 1. The minimum atomic E-state index is -3.73. The largest absolute Gasteiger partial charge is 0.454 e. The van der Waals surface area contributed by atoms with Crippen LogP contribution in [0.4, 0.5) is 5.82 Å². The highest BCUT2D eigenvalue weighted by Gasteiger charge is 2.51. The van der Waals surface area contributed by atoms with Crippen LogP contribution in [-0.2, 0) is 20.2 Å². The smallest absolute Gasteiger partial charge is 0.240 e. The van der Waals surface area contributed by atoms with E-state index in [9.17, 15) is 18.3 Å². The number of aliphatic hydroxyl groups is 1. The number of hydrogen-bond acceptors (Lipinski definition) is 7. The zero-order valence-corrected chi connectivity index (χ0v) is 20.5. The number of rotatable bonds is 9. The first-order valence-electron chi connectivity index (χ1n) is 11.8. The zero-order valence-electron chi connectivity index (χ0n) is 19.7. The van der Waals surface area contributed by atoms with Gasteiger partial charge in [0, 0.05) is 12.1 Å². The van der Waals surface area contributed by atoms with Crippen LogP contribution in [0.5, 0.6) is 11.5 Å². The van der Waals surface area contributed by atoms with Gasteiger partial charge in [-0.25, -0.2) is 18.1 Å². The van der Waals surface area contributed by atoms with Crippen LogP contribution in [0.25, 0.3) is 11.3 Å². The fraction of sp³-hybridized carbons (Fsp3) is 0.308. The molecule has 3 N–H and O–H groups in total. The lowest BCUT2D eigenvalue weighted by Gasteiger charge is -2.16. The van der Waals surface area contributed by atoms with E-state index in [1.165, 1.54) is 12.1 Å². The van der Waals surface area contributed by atoms with Crippen molar-refractivity contribution in [3.05, 3.63) is 66.2 Å². The Morgan fingerprint density at radius 3 is 2.56 bits per heavy atom. The lowest BCUT2D eigenvalue weighted by Crippen LogP contribution is -2.31. The molecule has 0 radical (unpaired) electrons. The van der Waals surface area contributed by atoms with Gasteiger partial charge < -0.3 is 19.9 Å². The van der Waals surface area contributed by atoms with Gasteiger partial charge in [0.15, 0.2) is 11.5 Å². The van der Waals surface area contributed by atoms with Gasteiger partial charge in [0.1, 0.15) is 5.82 Å². The van der Waals surface area contributed by atoms with Gasteiger partial charge >= 0.3 is 0 Å². The summed E-state index contributed by atoms with van der Waals surface area (Å²) in [6, 6.07) is 17.2. The normalized spacial score (nSPS) is 16.4. The number of carbonyl (C=O) groups is 1. The third-order valence-corrected chi connectivity index (χ3v) is 7.98. The predicted molar refractivity (Wildman–Crippen MR) is 133 cm³/mol. The molecule has 1 aliphatic heterocycles. The fourth-order valence-corrected chi connectivity index (χ4v) is 5.18. The molecule has 1 aliphatic carbocycles. The third kappa shape index (κ3) is 4.79. The average Bonchev–Trinajstić information content (AvgIpc) is 3.58. The maximum Gasteiger partial charge on any atom is 0.240 e. The van der Waals surface area contributed by atoms with Gasteiger partial charge in [0.25, 0.3) is 0 Å². The number of fused-ring (bicyclic) bond motifs is 1. The van der Waals surface area contributed by atoms with E-state index in [-0.39, 0.29) is 24.1 Å². The van der Waals surface area contributed by atoms with Crippen molar-refractivity contribution < 1.29 is 27.8 Å². The second-order valence-electron chi connectivity index (χ2n) is 8.95. The fourth-order valence-electron chi connectivity index (χ4n) is 4.11. The van der Waals surface area contributed by atoms with Crippen LogP contribution in [0, 0.1) is 0 Å². The predicted octanol–water partition coefficient (Wildman–Crippen LogP) is 3.20. The maximum absolute atomic E-state index is 13.2. The number of aromatic nitrogens is 1. The standard InChI is InChI=1S/C26H27N3O6S/c1-2-19(30)15-27-36(32,33)20-9-6-17(7-10-20)21-4-3-5-24(28-21)29-25(31)26(12-13-26)18-8-11-22-23(14-18)35-16-34-22/h3-11,14,19,27,30H,2,12-13,15-16H2,1H3,(H,28,29,31). The Morgan fingerprint density at radius 1 is 1.08 bits per heavy atom. The molecule has 2 aliphatic rings. The number of benzene rings is 2. The summed E-state index contributed by atoms with van der Waals surface area (Å²) in [5.74, 6) is 1.61. The lowest BCUT2D eigenvalue weighted by atomic mass is 9.94. The van der Waals surface area contributed by atoms with Crippen molar-refractivity contribution in [2.24, 2.45) is 0 Å². The minimum absolute atomic E-state index is 0.0440. The van der Waals surface area contributed by atoms with Gasteiger partial charge in [-0.2, -0.15) is 0 Å². The van der Waals surface area contributed by atoms with Gasteiger partial charge in [0.05, 0.1) is 22.1 Å². The van der Waals surface area contributed by atoms with Crippen LogP contribution >= 0.6 is 0 Å². The van der Waals surface area contributed by atoms with Crippen molar-refractivity contribution in [3.63, 3.8) is 0 Å². The molecule has 2 heterocycles. The first-order chi connectivity index (χ1) is 17.3. The van der Waals surface area contributed by atoms with Crippen molar-refractivity contribution in [3.8, 4) is 22.8 Å². The second kappa shape index (κ2) is 9.53. The Kier molecular flexibility index (Phi) is 6.42. The van der Waals surface area contributed by atoms with Gasteiger partial charge in [-0.1, -0.05) is 31.2 Å². The lowest BCUT2D eigenvalue weighted by molar-refractivity contribution is -0.118. The van der Waals surface area contributed by atoms with E-state index >= 15 is 0 Å². The van der Waals surface area contributed by atoms with Crippen LogP contribution in [0.15, 0.2) is 65.6 Å². The number of hydrogen-bond donors (Lipinski definition) is 3. The molecular formula is C26H27N3O6S. The molecule has 1 aromatic heterocycles. The molecule has 5 rings (SSSR count). The summed E-state index contributed by atoms with van der Waals surface area (Å²) in [5.41, 5.74) is 1.57. The highest BCUT2D eigenvalue weighted by molar-refractivity contribution is 7.89. The van der Waals surface area contributed by atoms with Crippen LogP contribution in [-0.4, -0.2) is 43.9 Å². The molecule has 9 nitrogen and oxygen atoms in total. The molecule has 1 amide bonds. The molecule has 36 heavy (non-hydrogen) atoms. The highest BCUT2D eigenvalue weighted by Crippen LogP contribution is 2.51. The van der Waals surface area contributed by atoms with E-state index in [1.54, 1.807) is 37.3 Å². The van der Waals surface area contributed by atoms with Gasteiger partial charge in [-0.15, -0.1) is 0 Å². The van der Waals surface area contributed by atoms with Crippen molar-refractivity contribution in [1.29, 1.82) is 0 Å². The Hall–Kier alpha value is -3.47. The minimum Gasteiger partial charge on any atom is -0.454 e. The number of nitrogens with zero attached hydrogens (tertiary/aromatic N) is 1. The Bertz CT molecular complexity index is 1390. The molecule has 1 saturated carbocycles. The Labute approximate surface area is 209 Å². The van der Waals surface area contributed by atoms with Crippen LogP contribution < -0.4 is 19.5 Å². The molecular weight excluding hydrogens is 482 g/mol. The van der Waals surface area contributed by atoms with Crippen LogP contribution in [0.2, 0.25) is 0 Å². The zero-order chi connectivity index (χ0) is 25.3. The van der Waals surface area contributed by atoms with E-state index in [1.807, 2.05) is 18.2 Å². The Balaban J connectivity index is 1.29. The number of sulfonamides is 1. The summed E-state index contributed by atoms with van der Waals surface area (Å²) in [7, 11) is -3.73. The van der Waals surface area contributed by atoms with E-state index < -0.39 is 21.5 Å². The van der Waals surface area contributed by atoms with Crippen molar-refractivity contribution in [1.82, 2.24) is 9.71 Å². The number of ether oxygens (including phenoxy) is 2. The molecule has 10 heteroatoms. The molecule has 0 saturated heterocycles. The topological polar surface area (TPSA) is 127 Å². The number of aliphatic hydroxyl groups excluding tert-OH is 1. The van der Waals surface area contributed by atoms with E-state index in [2.05, 4.69) is 15.0 Å². The van der Waals surface area contributed by atoms with Crippen molar-refractivity contribution >= 4 is 21.7 Å². The second-order valence-corrected chi connectivity index (χ2v) is 10.7. The van der Waals surface area contributed by atoms with Gasteiger partial charge in [-0.05, 0) is 61.2 Å². The van der Waals surface area contributed by atoms with E-state index in [0.29, 0.717) is 35.0 Å². The summed E-state index contributed by atoms with van der Waals surface area (Å²) in [4.78, 5) is 17.9. The maximum atomic E-state index is 13.2. The third-order valence-electron chi connectivity index (χ3n) is 6.54. The number of pyridine rings is 1. The van der Waals surface area contributed by atoms with Crippen molar-refractivity contribution in [2.45, 2.75) is 42.6 Å². The molecule has 3 aromatic rings. The molecule has 1 unspecified atom stereocenters. The monoisotopic (exact) mass is 509 g/mol. The van der Waals surface area contributed by atoms with E-state index in [0.717, 1.165) is 18.4 Å². The molecule has 188 valence electrons. The first-order valence-corrected chi connectivity index (χ1v) is 13.3. The first kappa shape index (κ1) is 24.2. The van der Waals surface area contributed by atoms with Gasteiger partial charge in [-0.3, -0.25) is 4.79 Å². The average molecular weight is 510 g/mol. The van der Waals surface area contributed by atoms with Crippen molar-refractivity contribution in [2.75, 3.05) is 18.7 Å². The molecule has 1 atom stereocenters. The molecule has 1 fully saturated rings. The summed E-state index contributed by atoms with van der Waals surface area (Å²) in [6.07, 6.45) is 1.19. The van der Waals surface area contributed by atoms with Crippen LogP contribution in [0.3, 0.4) is 0 Å². The summed E-state index contributed by atoms with van der Waals surface area (Å²) >= 11 is 0. The van der Waals surface area contributed by atoms with Gasteiger partial charge in [0.2, 0.25) is 22.7 Å². The van der Waals surface area contributed by atoms with E-state index in [4.69, 9.17) is 9.47 Å². The number of anilines is 1. The molecule has 0 spiro atoms. The summed E-state index contributed by atoms with van der Waals surface area (Å²) in [5, 5.41) is 12.6. The SMILES string of the molecule is CCC(O)CNS(=O)(=O)c1ccc(-c2cccc(NC(=O)C3(c4ccc5c(c4)OCO5)CC3)n2)cc1. The summed E-state index contributed by atoms with van der Waals surface area (Å²) < 4.78 is 38.2. The highest BCUT2D eigenvalue weighted by atomic mass is 32.2. The molecule has 2 aromatic carbocycles. The quantitative estimate of drug-likeness (QED) is 0.404.